The normalized spacial score (nSPS) is 16.9. The van der Waals surface area contributed by atoms with Crippen LogP contribution >= 0.6 is 37.2 Å². The summed E-state index contributed by atoms with van der Waals surface area (Å²) in [6.07, 6.45) is 4.18. The third-order valence-corrected chi connectivity index (χ3v) is 5.41. The van der Waals surface area contributed by atoms with Gasteiger partial charge in [0.15, 0.2) is 0 Å². The molecule has 1 fully saturated rings. The molecule has 0 spiro atoms. The van der Waals surface area contributed by atoms with Crippen molar-refractivity contribution in [2.24, 2.45) is 0 Å². The molecule has 0 radical (unpaired) electrons. The molecule has 5 nitrogen and oxygen atoms in total. The number of hydrogen-bond donors (Lipinski definition) is 2. The van der Waals surface area contributed by atoms with Gasteiger partial charge in [0.05, 0.1) is 12.8 Å². The largest absolute Gasteiger partial charge is 0.496 e. The first-order valence-corrected chi connectivity index (χ1v) is 9.95. The van der Waals surface area contributed by atoms with Crippen molar-refractivity contribution in [3.8, 4) is 17.0 Å². The molecular weight excluding hydrogens is 469 g/mol. The van der Waals surface area contributed by atoms with Crippen LogP contribution in [0.1, 0.15) is 30.0 Å². The van der Waals surface area contributed by atoms with Crippen molar-refractivity contribution in [1.82, 2.24) is 15.6 Å². The summed E-state index contributed by atoms with van der Waals surface area (Å²) in [6, 6.07) is 23.7. The molecule has 0 aliphatic carbocycles. The standard InChI is InChI=1S/C24H27N3O.3ClH.H2O/c1-28-23-13-12-19(21-10-5-6-14-25-21)16-20(23)17-27-22-11-7-15-26-24(22)18-8-3-2-4-9-18;;;;/h2-6,8-10,12-14,16,22,24,26-27H,7,11,15,17H2,1H3;3*1H;1H2/t22-,24-;;;;/m0..../s1. The Labute approximate surface area is 208 Å². The van der Waals surface area contributed by atoms with E-state index < -0.39 is 0 Å². The van der Waals surface area contributed by atoms with Crippen LogP contribution in [0, 0.1) is 0 Å². The third kappa shape index (κ3) is 7.34. The Morgan fingerprint density at radius 3 is 2.44 bits per heavy atom. The van der Waals surface area contributed by atoms with E-state index in [1.165, 1.54) is 12.0 Å². The summed E-state index contributed by atoms with van der Waals surface area (Å²) in [4.78, 5) is 4.48. The Morgan fingerprint density at radius 1 is 1.00 bits per heavy atom. The number of methoxy groups -OCH3 is 1. The fourth-order valence-corrected chi connectivity index (χ4v) is 3.97. The number of ether oxygens (including phenoxy) is 1. The van der Waals surface area contributed by atoms with E-state index in [4.69, 9.17) is 4.74 Å². The van der Waals surface area contributed by atoms with Crippen LogP contribution in [0.25, 0.3) is 11.3 Å². The fourth-order valence-electron chi connectivity index (χ4n) is 3.97. The molecule has 1 aliphatic rings. The van der Waals surface area contributed by atoms with Gasteiger partial charge in [-0.3, -0.25) is 4.98 Å². The van der Waals surface area contributed by atoms with E-state index in [1.807, 2.05) is 30.5 Å². The topological polar surface area (TPSA) is 77.7 Å². The molecule has 2 atom stereocenters. The molecule has 2 heterocycles. The van der Waals surface area contributed by atoms with E-state index in [0.29, 0.717) is 12.1 Å². The number of aromatic nitrogens is 1. The van der Waals surface area contributed by atoms with E-state index in [0.717, 1.165) is 42.1 Å². The van der Waals surface area contributed by atoms with Crippen molar-refractivity contribution in [3.05, 3.63) is 84.1 Å². The zero-order valence-electron chi connectivity index (χ0n) is 18.0. The minimum absolute atomic E-state index is 0. The zero-order chi connectivity index (χ0) is 19.2. The first kappa shape index (κ1) is 30.1. The van der Waals surface area contributed by atoms with Gasteiger partial charge in [-0.2, -0.15) is 0 Å². The third-order valence-electron chi connectivity index (χ3n) is 5.41. The highest BCUT2D eigenvalue weighted by molar-refractivity contribution is 5.86. The maximum absolute atomic E-state index is 5.61. The van der Waals surface area contributed by atoms with Crippen molar-refractivity contribution in [1.29, 1.82) is 0 Å². The van der Waals surface area contributed by atoms with Gasteiger partial charge in [-0.05, 0) is 55.3 Å². The van der Waals surface area contributed by atoms with Gasteiger partial charge in [-0.15, -0.1) is 37.2 Å². The molecule has 8 heteroatoms. The molecule has 0 unspecified atom stereocenters. The average molecular weight is 501 g/mol. The number of piperidine rings is 1. The lowest BCUT2D eigenvalue weighted by Gasteiger charge is -2.34. The minimum atomic E-state index is 0. The van der Waals surface area contributed by atoms with Crippen molar-refractivity contribution in [3.63, 3.8) is 0 Å². The summed E-state index contributed by atoms with van der Waals surface area (Å²) in [7, 11) is 1.73. The summed E-state index contributed by atoms with van der Waals surface area (Å²) in [5, 5.41) is 7.46. The Bertz CT molecular complexity index is 902. The Morgan fingerprint density at radius 2 is 1.75 bits per heavy atom. The monoisotopic (exact) mass is 499 g/mol. The van der Waals surface area contributed by atoms with Crippen molar-refractivity contribution in [2.45, 2.75) is 31.5 Å². The van der Waals surface area contributed by atoms with E-state index >= 15 is 0 Å². The highest BCUT2D eigenvalue weighted by Crippen LogP contribution is 2.28. The molecule has 1 aromatic heterocycles. The first-order valence-electron chi connectivity index (χ1n) is 9.95. The van der Waals surface area contributed by atoms with Crippen molar-refractivity contribution in [2.75, 3.05) is 13.7 Å². The van der Waals surface area contributed by atoms with Crippen LogP contribution in [-0.4, -0.2) is 30.2 Å². The minimum Gasteiger partial charge on any atom is -0.496 e. The molecule has 176 valence electrons. The van der Waals surface area contributed by atoms with Crippen LogP contribution in [0.2, 0.25) is 0 Å². The van der Waals surface area contributed by atoms with Crippen LogP contribution in [-0.2, 0) is 6.54 Å². The Hall–Kier alpha value is -1.86. The van der Waals surface area contributed by atoms with Crippen LogP contribution in [0.3, 0.4) is 0 Å². The van der Waals surface area contributed by atoms with Gasteiger partial charge in [-0.1, -0.05) is 36.4 Å². The molecule has 4 N–H and O–H groups in total. The first-order chi connectivity index (χ1) is 13.8. The van der Waals surface area contributed by atoms with E-state index in [-0.39, 0.29) is 42.7 Å². The number of benzene rings is 2. The van der Waals surface area contributed by atoms with Crippen molar-refractivity contribution < 1.29 is 10.2 Å². The Kier molecular flexibility index (Phi) is 14.2. The Balaban J connectivity index is 0.00000240. The highest BCUT2D eigenvalue weighted by atomic mass is 35.5. The predicted molar refractivity (Wildman–Crippen MR) is 139 cm³/mol. The summed E-state index contributed by atoms with van der Waals surface area (Å²) >= 11 is 0. The van der Waals surface area contributed by atoms with Crippen LogP contribution in [0.4, 0.5) is 0 Å². The number of nitrogens with one attached hydrogen (secondary N) is 2. The zero-order valence-corrected chi connectivity index (χ0v) is 20.4. The van der Waals surface area contributed by atoms with E-state index in [1.54, 1.807) is 7.11 Å². The lowest BCUT2D eigenvalue weighted by Crippen LogP contribution is -2.45. The number of hydrogen-bond acceptors (Lipinski definition) is 4. The van der Waals surface area contributed by atoms with Gasteiger partial charge in [0.1, 0.15) is 5.75 Å². The SMILES string of the molecule is COc1ccc(-c2ccccn2)cc1CN[C@H]1CCCN[C@H]1c1ccccc1.Cl.Cl.Cl.O. The number of nitrogens with zero attached hydrogens (tertiary/aromatic N) is 1. The van der Waals surface area contributed by atoms with E-state index in [2.05, 4.69) is 58.1 Å². The lowest BCUT2D eigenvalue weighted by atomic mass is 9.92. The smallest absolute Gasteiger partial charge is 0.123 e. The summed E-state index contributed by atoms with van der Waals surface area (Å²) in [5.41, 5.74) is 4.59. The maximum Gasteiger partial charge on any atom is 0.123 e. The summed E-state index contributed by atoms with van der Waals surface area (Å²) in [5.74, 6) is 0.909. The summed E-state index contributed by atoms with van der Waals surface area (Å²) in [6.45, 7) is 1.83. The molecular formula is C24H32Cl3N3O2. The molecule has 0 bridgehead atoms. The van der Waals surface area contributed by atoms with Gasteiger partial charge in [0, 0.05) is 36.0 Å². The molecule has 1 saturated heterocycles. The second-order valence-corrected chi connectivity index (χ2v) is 7.21. The molecule has 3 aromatic rings. The van der Waals surface area contributed by atoms with Crippen molar-refractivity contribution >= 4 is 37.2 Å². The molecule has 4 rings (SSSR count). The summed E-state index contributed by atoms with van der Waals surface area (Å²) < 4.78 is 5.61. The molecule has 1 aliphatic heterocycles. The molecule has 0 amide bonds. The second kappa shape index (κ2) is 15.1. The van der Waals surface area contributed by atoms with E-state index in [9.17, 15) is 0 Å². The molecule has 32 heavy (non-hydrogen) atoms. The van der Waals surface area contributed by atoms with Crippen LogP contribution in [0.5, 0.6) is 5.75 Å². The fraction of sp³-hybridized carbons (Fsp3) is 0.292. The molecule has 2 aromatic carbocycles. The quantitative estimate of drug-likeness (QED) is 0.510. The second-order valence-electron chi connectivity index (χ2n) is 7.21. The predicted octanol–water partition coefficient (Wildman–Crippen LogP) is 4.78. The van der Waals surface area contributed by atoms with Gasteiger partial charge in [0.25, 0.3) is 0 Å². The lowest BCUT2D eigenvalue weighted by molar-refractivity contribution is 0.303. The van der Waals surface area contributed by atoms with Gasteiger partial charge in [0.2, 0.25) is 0 Å². The number of pyridine rings is 1. The van der Waals surface area contributed by atoms with Crippen LogP contribution < -0.4 is 15.4 Å². The van der Waals surface area contributed by atoms with Crippen LogP contribution in [0.15, 0.2) is 72.9 Å². The van der Waals surface area contributed by atoms with Gasteiger partial charge in [-0.25, -0.2) is 0 Å². The number of halogens is 3. The molecule has 0 saturated carbocycles. The maximum atomic E-state index is 5.61. The number of rotatable bonds is 6. The van der Waals surface area contributed by atoms with Gasteiger partial charge < -0.3 is 20.8 Å². The highest BCUT2D eigenvalue weighted by Gasteiger charge is 2.25. The average Bonchev–Trinajstić information content (AvgIpc) is 2.79. The van der Waals surface area contributed by atoms with Gasteiger partial charge >= 0.3 is 0 Å².